The van der Waals surface area contributed by atoms with E-state index in [1.54, 1.807) is 18.2 Å². The van der Waals surface area contributed by atoms with Gasteiger partial charge in [0.1, 0.15) is 5.75 Å². The van der Waals surface area contributed by atoms with Crippen molar-refractivity contribution in [2.45, 2.75) is 19.1 Å². The number of hydrogen-bond donors (Lipinski definition) is 3. The Kier molecular flexibility index (Phi) is 7.34. The maximum atomic E-state index is 13.0. The van der Waals surface area contributed by atoms with E-state index in [2.05, 4.69) is 33.3 Å². The molecule has 5 rings (SSSR count). The molecule has 13 heteroatoms. The van der Waals surface area contributed by atoms with Crippen molar-refractivity contribution in [3.05, 3.63) is 58.8 Å². The SMILES string of the molecule is O=C(O)C(F)(F)F.O=C(O)c1n[nH]c2ccc(C(=O)N3CCN(Cc4ccc5c(c4)CCO5)CC3)cc12. The summed E-state index contributed by atoms with van der Waals surface area (Å²) < 4.78 is 37.3. The summed E-state index contributed by atoms with van der Waals surface area (Å²) >= 11 is 0. The van der Waals surface area contributed by atoms with Gasteiger partial charge in [0.2, 0.25) is 0 Å². The Hall–Kier alpha value is -4.13. The zero-order chi connectivity index (χ0) is 26.7. The van der Waals surface area contributed by atoms with Crippen LogP contribution in [0.4, 0.5) is 13.2 Å². The number of carbonyl (C=O) groups is 3. The summed E-state index contributed by atoms with van der Waals surface area (Å²) in [7, 11) is 0. The number of ether oxygens (including phenoxy) is 1. The third-order valence-electron chi connectivity index (χ3n) is 6.07. The first-order valence-electron chi connectivity index (χ1n) is 11.3. The number of amides is 1. The van der Waals surface area contributed by atoms with E-state index in [1.165, 1.54) is 11.1 Å². The number of halogens is 3. The summed E-state index contributed by atoms with van der Waals surface area (Å²) in [5.74, 6) is -2.95. The van der Waals surface area contributed by atoms with E-state index in [-0.39, 0.29) is 11.6 Å². The molecule has 3 aromatic rings. The fraction of sp³-hybridized carbons (Fsp3) is 0.333. The van der Waals surface area contributed by atoms with Crippen LogP contribution >= 0.6 is 0 Å². The van der Waals surface area contributed by atoms with Gasteiger partial charge in [0.25, 0.3) is 5.91 Å². The molecule has 2 aliphatic heterocycles. The van der Waals surface area contributed by atoms with Gasteiger partial charge in [0, 0.05) is 50.1 Å². The molecular weight excluding hydrogens is 497 g/mol. The minimum absolute atomic E-state index is 0.0655. The van der Waals surface area contributed by atoms with Crippen LogP contribution in [0.15, 0.2) is 36.4 Å². The van der Waals surface area contributed by atoms with Crippen molar-refractivity contribution in [1.82, 2.24) is 20.0 Å². The number of aromatic amines is 1. The number of rotatable bonds is 4. The zero-order valence-corrected chi connectivity index (χ0v) is 19.4. The number of piperazine rings is 1. The highest BCUT2D eigenvalue weighted by atomic mass is 19.4. The number of carbonyl (C=O) groups excluding carboxylic acids is 1. The van der Waals surface area contributed by atoms with Crippen molar-refractivity contribution >= 4 is 28.7 Å². The van der Waals surface area contributed by atoms with E-state index >= 15 is 0 Å². The second kappa shape index (κ2) is 10.5. The number of hydrogen-bond acceptors (Lipinski definition) is 6. The fourth-order valence-corrected chi connectivity index (χ4v) is 4.20. The molecule has 10 nitrogen and oxygen atoms in total. The summed E-state index contributed by atoms with van der Waals surface area (Å²) in [6, 6.07) is 11.4. The molecule has 0 aliphatic carbocycles. The van der Waals surface area contributed by atoms with Crippen molar-refractivity contribution in [2.24, 2.45) is 0 Å². The second-order valence-electron chi connectivity index (χ2n) is 8.55. The Morgan fingerprint density at radius 2 is 1.73 bits per heavy atom. The maximum Gasteiger partial charge on any atom is 0.490 e. The van der Waals surface area contributed by atoms with E-state index < -0.39 is 18.1 Å². The van der Waals surface area contributed by atoms with Crippen molar-refractivity contribution < 1.29 is 42.5 Å². The molecule has 0 spiro atoms. The summed E-state index contributed by atoms with van der Waals surface area (Å²) in [4.78, 5) is 37.3. The van der Waals surface area contributed by atoms with E-state index in [0.29, 0.717) is 29.6 Å². The standard InChI is InChI=1S/C22H22N4O4.C2HF3O2/c27-21(16-2-3-18-17(12-16)20(22(28)29)24-23-18)26-8-6-25(7-9-26)13-14-1-4-19-15(11-14)5-10-30-19;3-2(4,5)1(6)7/h1-4,11-12H,5-10,13H2,(H,23,24)(H,28,29);(H,6,7). The first-order valence-corrected chi connectivity index (χ1v) is 11.3. The lowest BCUT2D eigenvalue weighted by atomic mass is 10.1. The van der Waals surface area contributed by atoms with Gasteiger partial charge in [0.15, 0.2) is 5.69 Å². The van der Waals surface area contributed by atoms with E-state index in [9.17, 15) is 27.9 Å². The van der Waals surface area contributed by atoms with Gasteiger partial charge >= 0.3 is 18.1 Å². The topological polar surface area (TPSA) is 136 Å². The van der Waals surface area contributed by atoms with E-state index in [1.807, 2.05) is 4.90 Å². The highest BCUT2D eigenvalue weighted by Gasteiger charge is 2.38. The van der Waals surface area contributed by atoms with Gasteiger partial charge in [-0.3, -0.25) is 14.8 Å². The Bertz CT molecular complexity index is 1330. The van der Waals surface area contributed by atoms with Crippen molar-refractivity contribution in [2.75, 3.05) is 32.8 Å². The fourth-order valence-electron chi connectivity index (χ4n) is 4.20. The number of aromatic carboxylic acids is 1. The quantitative estimate of drug-likeness (QED) is 0.478. The van der Waals surface area contributed by atoms with Gasteiger partial charge in [-0.1, -0.05) is 12.1 Å². The highest BCUT2D eigenvalue weighted by molar-refractivity contribution is 6.04. The number of aliphatic carboxylic acids is 1. The lowest BCUT2D eigenvalue weighted by Gasteiger charge is -2.34. The predicted molar refractivity (Wildman–Crippen MR) is 124 cm³/mol. The lowest BCUT2D eigenvalue weighted by Crippen LogP contribution is -2.48. The number of carboxylic acid groups (broad SMARTS) is 2. The normalized spacial score (nSPS) is 15.5. The molecule has 3 heterocycles. The molecule has 0 bridgehead atoms. The Morgan fingerprint density at radius 3 is 2.38 bits per heavy atom. The summed E-state index contributed by atoms with van der Waals surface area (Å²) in [6.07, 6.45) is -4.12. The lowest BCUT2D eigenvalue weighted by molar-refractivity contribution is -0.192. The van der Waals surface area contributed by atoms with Crippen molar-refractivity contribution in [3.63, 3.8) is 0 Å². The number of aromatic nitrogens is 2. The molecule has 3 N–H and O–H groups in total. The van der Waals surface area contributed by atoms with Crippen LogP contribution in [0.2, 0.25) is 0 Å². The number of H-pyrrole nitrogens is 1. The Morgan fingerprint density at radius 1 is 1.03 bits per heavy atom. The molecule has 0 saturated carbocycles. The molecule has 0 unspecified atom stereocenters. The van der Waals surface area contributed by atoms with Crippen LogP contribution in [0.3, 0.4) is 0 Å². The van der Waals surface area contributed by atoms with Gasteiger partial charge in [-0.25, -0.2) is 9.59 Å². The number of nitrogens with one attached hydrogen (secondary N) is 1. The predicted octanol–water partition coefficient (Wildman–Crippen LogP) is 2.79. The van der Waals surface area contributed by atoms with Crippen LogP contribution in [0.1, 0.15) is 32.0 Å². The first kappa shape index (κ1) is 25.9. The molecule has 37 heavy (non-hydrogen) atoms. The van der Waals surface area contributed by atoms with Gasteiger partial charge in [0.05, 0.1) is 12.1 Å². The molecule has 0 radical (unpaired) electrons. The third-order valence-corrected chi connectivity index (χ3v) is 6.07. The Balaban J connectivity index is 0.000000405. The highest BCUT2D eigenvalue weighted by Crippen LogP contribution is 2.26. The molecule has 1 fully saturated rings. The second-order valence-corrected chi connectivity index (χ2v) is 8.55. The number of nitrogens with zero attached hydrogens (tertiary/aromatic N) is 3. The summed E-state index contributed by atoms with van der Waals surface area (Å²) in [5, 5.41) is 23.3. The molecule has 1 saturated heterocycles. The van der Waals surface area contributed by atoms with Gasteiger partial charge in [-0.15, -0.1) is 0 Å². The van der Waals surface area contributed by atoms with Gasteiger partial charge in [-0.2, -0.15) is 18.3 Å². The average Bonchev–Trinajstić information content (AvgIpc) is 3.50. The maximum absolute atomic E-state index is 13.0. The largest absolute Gasteiger partial charge is 0.493 e. The number of alkyl halides is 3. The van der Waals surface area contributed by atoms with Gasteiger partial charge < -0.3 is 19.8 Å². The molecule has 2 aromatic carbocycles. The van der Waals surface area contributed by atoms with Crippen molar-refractivity contribution in [1.29, 1.82) is 0 Å². The van der Waals surface area contributed by atoms with Crippen LogP contribution in [0.5, 0.6) is 5.75 Å². The number of benzene rings is 2. The molecule has 0 atom stereocenters. The minimum atomic E-state index is -5.08. The van der Waals surface area contributed by atoms with Crippen LogP contribution in [-0.2, 0) is 17.8 Å². The van der Waals surface area contributed by atoms with Crippen LogP contribution in [0, 0.1) is 0 Å². The summed E-state index contributed by atoms with van der Waals surface area (Å²) in [6.45, 7) is 4.50. The number of fused-ring (bicyclic) bond motifs is 2. The molecule has 2 aliphatic rings. The third kappa shape index (κ3) is 6.00. The van der Waals surface area contributed by atoms with E-state index in [4.69, 9.17) is 14.6 Å². The molecular formula is C24H23F3N4O6. The molecule has 1 amide bonds. The van der Waals surface area contributed by atoms with E-state index in [0.717, 1.165) is 38.4 Å². The summed E-state index contributed by atoms with van der Waals surface area (Å²) in [5.41, 5.74) is 3.57. The van der Waals surface area contributed by atoms with Crippen LogP contribution in [-0.4, -0.2) is 87.0 Å². The molecule has 1 aromatic heterocycles. The van der Waals surface area contributed by atoms with Crippen molar-refractivity contribution in [3.8, 4) is 5.75 Å². The average molecular weight is 520 g/mol. The van der Waals surface area contributed by atoms with Crippen LogP contribution in [0.25, 0.3) is 10.9 Å². The monoisotopic (exact) mass is 520 g/mol. The molecule has 196 valence electrons. The smallest absolute Gasteiger partial charge is 0.490 e. The van der Waals surface area contributed by atoms with Gasteiger partial charge in [-0.05, 0) is 35.4 Å². The van der Waals surface area contributed by atoms with Crippen LogP contribution < -0.4 is 4.74 Å². The minimum Gasteiger partial charge on any atom is -0.493 e. The zero-order valence-electron chi connectivity index (χ0n) is 19.4. The Labute approximate surface area is 208 Å². The first-order chi connectivity index (χ1) is 17.5. The number of carboxylic acids is 2.